The van der Waals surface area contributed by atoms with E-state index in [1.54, 1.807) is 0 Å². The molecule has 0 spiro atoms. The summed E-state index contributed by atoms with van der Waals surface area (Å²) in [7, 11) is 0. The van der Waals surface area contributed by atoms with Gasteiger partial charge in [0, 0.05) is 21.5 Å². The number of fused-ring (bicyclic) bond motifs is 2. The average Bonchev–Trinajstić information content (AvgIpc) is 3.70. The zero-order chi connectivity index (χ0) is 24.8. The molecule has 3 aromatic carbocycles. The van der Waals surface area contributed by atoms with E-state index >= 15 is 0 Å². The summed E-state index contributed by atoms with van der Waals surface area (Å²) in [5, 5.41) is 14.1. The van der Waals surface area contributed by atoms with Crippen molar-refractivity contribution in [2.45, 2.75) is 52.1 Å². The van der Waals surface area contributed by atoms with E-state index in [0.29, 0.717) is 44.2 Å². The maximum absolute atomic E-state index is 10.9. The molecule has 0 amide bonds. The number of phenols is 1. The quantitative estimate of drug-likeness (QED) is 0.252. The number of phenolic OH excluding ortho intramolecular Hbond substituents is 1. The van der Waals surface area contributed by atoms with Crippen LogP contribution >= 0.6 is 0 Å². The minimum Gasteiger partial charge on any atom is -0.507 e. The second-order valence-electron chi connectivity index (χ2n) is 9.06. The van der Waals surface area contributed by atoms with Crippen LogP contribution in [0.25, 0.3) is 21.5 Å². The molecule has 4 unspecified atom stereocenters. The molecule has 7 heteroatoms. The lowest BCUT2D eigenvalue weighted by Crippen LogP contribution is -2.27. The molecule has 0 bridgehead atoms. The van der Waals surface area contributed by atoms with Crippen molar-refractivity contribution in [2.24, 2.45) is 0 Å². The van der Waals surface area contributed by atoms with E-state index in [1.165, 1.54) is 0 Å². The highest BCUT2D eigenvalue weighted by atomic mass is 16.6. The van der Waals surface area contributed by atoms with Crippen LogP contribution in [-0.4, -0.2) is 69.2 Å². The maximum atomic E-state index is 10.9. The molecule has 3 aromatic rings. The van der Waals surface area contributed by atoms with Crippen molar-refractivity contribution in [3.63, 3.8) is 0 Å². The largest absolute Gasteiger partial charge is 0.507 e. The number of hydrogen-bond donors (Lipinski definition) is 1. The number of benzene rings is 3. The zero-order valence-electron chi connectivity index (χ0n) is 21.0. The molecular formula is C28H36O7. The van der Waals surface area contributed by atoms with Gasteiger partial charge in [0.25, 0.3) is 0 Å². The smallest absolute Gasteiger partial charge is 0.135 e. The molecule has 4 atom stereocenters. The predicted molar refractivity (Wildman–Crippen MR) is 136 cm³/mol. The van der Waals surface area contributed by atoms with E-state index in [9.17, 15) is 5.11 Å². The van der Waals surface area contributed by atoms with Gasteiger partial charge in [-0.2, -0.15) is 0 Å². The normalized spacial score (nSPS) is 17.9. The molecular weight excluding hydrogens is 448 g/mol. The molecule has 1 heterocycles. The number of ether oxygens (including phenoxy) is 6. The molecule has 190 valence electrons. The Labute approximate surface area is 206 Å². The van der Waals surface area contributed by atoms with Gasteiger partial charge in [-0.3, -0.25) is 0 Å². The topological polar surface area (TPSA) is 78.9 Å². The van der Waals surface area contributed by atoms with E-state index in [0.717, 1.165) is 28.5 Å². The molecule has 7 nitrogen and oxygen atoms in total. The van der Waals surface area contributed by atoms with Crippen molar-refractivity contribution in [2.75, 3.05) is 39.6 Å². The molecule has 35 heavy (non-hydrogen) atoms. The average molecular weight is 485 g/mol. The van der Waals surface area contributed by atoms with Crippen LogP contribution in [0.4, 0.5) is 0 Å². The van der Waals surface area contributed by atoms with Gasteiger partial charge in [0.15, 0.2) is 0 Å². The lowest BCUT2D eigenvalue weighted by atomic mass is 10.0. The van der Waals surface area contributed by atoms with Crippen molar-refractivity contribution in [3.05, 3.63) is 42.5 Å². The Hall–Kier alpha value is -2.58. The highest BCUT2D eigenvalue weighted by Crippen LogP contribution is 2.43. The molecule has 0 aliphatic carbocycles. The lowest BCUT2D eigenvalue weighted by molar-refractivity contribution is -0.0740. The summed E-state index contributed by atoms with van der Waals surface area (Å²) < 4.78 is 34.6. The molecule has 1 saturated heterocycles. The van der Waals surface area contributed by atoms with Gasteiger partial charge in [0.05, 0.1) is 51.3 Å². The molecule has 4 rings (SSSR count). The molecule has 0 aromatic heterocycles. The van der Waals surface area contributed by atoms with Crippen molar-refractivity contribution in [3.8, 4) is 17.2 Å². The van der Waals surface area contributed by atoms with Gasteiger partial charge >= 0.3 is 0 Å². The SMILES string of the molecule is CCOc1ccc2c(OCC(C)OCC(C)OCC(C)OCC3CO3)c3ccccc3c(O)c2c1. The van der Waals surface area contributed by atoms with Crippen LogP contribution in [0, 0.1) is 0 Å². The summed E-state index contributed by atoms with van der Waals surface area (Å²) >= 11 is 0. The van der Waals surface area contributed by atoms with E-state index in [1.807, 2.05) is 70.2 Å². The third-order valence-corrected chi connectivity index (χ3v) is 5.89. The van der Waals surface area contributed by atoms with Crippen molar-refractivity contribution in [1.29, 1.82) is 0 Å². The van der Waals surface area contributed by atoms with Crippen LogP contribution < -0.4 is 9.47 Å². The Morgan fingerprint density at radius 3 is 2.14 bits per heavy atom. The van der Waals surface area contributed by atoms with Gasteiger partial charge in [-0.25, -0.2) is 0 Å². The Morgan fingerprint density at radius 2 is 1.46 bits per heavy atom. The van der Waals surface area contributed by atoms with Crippen LogP contribution in [0.1, 0.15) is 27.7 Å². The first-order chi connectivity index (χ1) is 17.0. The second-order valence-corrected chi connectivity index (χ2v) is 9.06. The maximum Gasteiger partial charge on any atom is 0.135 e. The van der Waals surface area contributed by atoms with Gasteiger partial charge in [-0.1, -0.05) is 24.3 Å². The number of rotatable bonds is 14. The molecule has 0 radical (unpaired) electrons. The Bertz CT molecular complexity index is 1110. The third-order valence-electron chi connectivity index (χ3n) is 5.89. The fourth-order valence-corrected chi connectivity index (χ4v) is 3.89. The van der Waals surface area contributed by atoms with Crippen molar-refractivity contribution >= 4 is 21.5 Å². The Morgan fingerprint density at radius 1 is 0.829 bits per heavy atom. The monoisotopic (exact) mass is 484 g/mol. The van der Waals surface area contributed by atoms with Gasteiger partial charge in [-0.15, -0.1) is 0 Å². The number of aromatic hydroxyl groups is 1. The van der Waals surface area contributed by atoms with Crippen LogP contribution in [0.15, 0.2) is 42.5 Å². The molecule has 1 aliphatic heterocycles. The zero-order valence-corrected chi connectivity index (χ0v) is 21.0. The second kappa shape index (κ2) is 11.9. The lowest BCUT2D eigenvalue weighted by Gasteiger charge is -2.21. The third kappa shape index (κ3) is 6.76. The van der Waals surface area contributed by atoms with Crippen molar-refractivity contribution in [1.82, 2.24) is 0 Å². The summed E-state index contributed by atoms with van der Waals surface area (Å²) in [6.07, 6.45) is 0.0651. The Balaban J connectivity index is 1.36. The van der Waals surface area contributed by atoms with E-state index in [4.69, 9.17) is 28.4 Å². The predicted octanol–water partition coefficient (Wildman–Crippen LogP) is 5.09. The number of hydrogen-bond acceptors (Lipinski definition) is 7. The minimum absolute atomic E-state index is 0.0155. The fraction of sp³-hybridized carbons (Fsp3) is 0.500. The summed E-state index contributed by atoms with van der Waals surface area (Å²) in [6, 6.07) is 13.4. The van der Waals surface area contributed by atoms with Crippen LogP contribution in [0.3, 0.4) is 0 Å². The first-order valence-electron chi connectivity index (χ1n) is 12.4. The molecule has 1 aliphatic rings. The van der Waals surface area contributed by atoms with Gasteiger partial charge in [0.1, 0.15) is 30.0 Å². The first-order valence-corrected chi connectivity index (χ1v) is 12.4. The van der Waals surface area contributed by atoms with Gasteiger partial charge < -0.3 is 33.5 Å². The van der Waals surface area contributed by atoms with Gasteiger partial charge in [0.2, 0.25) is 0 Å². The Kier molecular flexibility index (Phi) is 8.68. The minimum atomic E-state index is -0.146. The summed E-state index contributed by atoms with van der Waals surface area (Å²) in [5.74, 6) is 1.66. The van der Waals surface area contributed by atoms with Crippen LogP contribution in [0.5, 0.6) is 17.2 Å². The van der Waals surface area contributed by atoms with Crippen molar-refractivity contribution < 1.29 is 33.5 Å². The van der Waals surface area contributed by atoms with E-state index < -0.39 is 0 Å². The summed E-state index contributed by atoms with van der Waals surface area (Å²) in [6.45, 7) is 11.2. The summed E-state index contributed by atoms with van der Waals surface area (Å²) in [4.78, 5) is 0. The first kappa shape index (κ1) is 25.5. The molecule has 0 saturated carbocycles. The highest BCUT2D eigenvalue weighted by molar-refractivity contribution is 6.11. The number of epoxide rings is 1. The molecule has 1 N–H and O–H groups in total. The molecule has 1 fully saturated rings. The summed E-state index contributed by atoms with van der Waals surface area (Å²) in [5.41, 5.74) is 0. The van der Waals surface area contributed by atoms with Crippen LogP contribution in [0.2, 0.25) is 0 Å². The van der Waals surface area contributed by atoms with E-state index in [-0.39, 0.29) is 30.2 Å². The van der Waals surface area contributed by atoms with E-state index in [2.05, 4.69) is 0 Å². The fourth-order valence-electron chi connectivity index (χ4n) is 3.89. The highest BCUT2D eigenvalue weighted by Gasteiger charge is 2.23. The standard InChI is InChI=1S/C28H36O7/c1-5-30-21-10-11-25-26(12-21)27(29)23-8-6-7-9-24(23)28(25)35-15-20(4)32-13-18(2)31-14-19(3)33-16-22-17-34-22/h6-12,18-20,22,29H,5,13-17H2,1-4H3. The van der Waals surface area contributed by atoms with Gasteiger partial charge in [-0.05, 0) is 45.9 Å². The van der Waals surface area contributed by atoms with Crippen LogP contribution in [-0.2, 0) is 18.9 Å².